The van der Waals surface area contributed by atoms with Crippen LogP contribution >= 0.6 is 11.6 Å². The molecular formula is C14H15ClFN3. The van der Waals surface area contributed by atoms with Crippen molar-refractivity contribution in [1.29, 1.82) is 0 Å². The van der Waals surface area contributed by atoms with Crippen molar-refractivity contribution < 1.29 is 4.39 Å². The van der Waals surface area contributed by atoms with Crippen molar-refractivity contribution in [3.63, 3.8) is 0 Å². The van der Waals surface area contributed by atoms with Crippen LogP contribution in [-0.2, 0) is 12.4 Å². The minimum Gasteiger partial charge on any atom is -0.349 e. The average molecular weight is 280 g/mol. The normalized spacial score (nSPS) is 10.5. The van der Waals surface area contributed by atoms with E-state index in [0.717, 1.165) is 5.69 Å². The van der Waals surface area contributed by atoms with Crippen LogP contribution in [0.4, 0.5) is 10.2 Å². The molecule has 2 aromatic rings. The van der Waals surface area contributed by atoms with Gasteiger partial charge in [0, 0.05) is 24.5 Å². The van der Waals surface area contributed by atoms with Gasteiger partial charge in [0.1, 0.15) is 0 Å². The molecule has 0 bridgehead atoms. The van der Waals surface area contributed by atoms with Crippen LogP contribution in [0.5, 0.6) is 0 Å². The summed E-state index contributed by atoms with van der Waals surface area (Å²) in [5.41, 5.74) is 1.34. The van der Waals surface area contributed by atoms with Crippen molar-refractivity contribution in [2.24, 2.45) is 0 Å². The van der Waals surface area contributed by atoms with E-state index in [2.05, 4.69) is 9.97 Å². The first-order chi connectivity index (χ1) is 9.26. The third-order valence-corrected chi connectivity index (χ3v) is 3.14. The van der Waals surface area contributed by atoms with Gasteiger partial charge in [-0.3, -0.25) is 4.98 Å². The van der Waals surface area contributed by atoms with Crippen molar-refractivity contribution in [3.8, 4) is 0 Å². The highest BCUT2D eigenvalue weighted by molar-refractivity contribution is 6.17. The summed E-state index contributed by atoms with van der Waals surface area (Å²) in [4.78, 5) is 10.2. The van der Waals surface area contributed by atoms with Crippen molar-refractivity contribution in [2.75, 3.05) is 11.4 Å². The summed E-state index contributed by atoms with van der Waals surface area (Å²) >= 11 is 5.71. The molecule has 0 saturated heterocycles. The molecule has 0 saturated carbocycles. The Morgan fingerprint density at radius 1 is 1.21 bits per heavy atom. The van der Waals surface area contributed by atoms with Crippen molar-refractivity contribution in [2.45, 2.75) is 19.3 Å². The summed E-state index contributed by atoms with van der Waals surface area (Å²) in [5, 5.41) is 0. The van der Waals surface area contributed by atoms with Gasteiger partial charge in [-0.25, -0.2) is 9.37 Å². The number of aromatic nitrogens is 2. The largest absolute Gasteiger partial charge is 0.349 e. The van der Waals surface area contributed by atoms with Crippen LogP contribution in [0.15, 0.2) is 36.7 Å². The fourth-order valence-electron chi connectivity index (χ4n) is 1.82. The molecule has 0 N–H and O–H groups in total. The zero-order chi connectivity index (χ0) is 13.7. The Balaban J connectivity index is 2.27. The number of anilines is 1. The summed E-state index contributed by atoms with van der Waals surface area (Å²) in [7, 11) is 0. The number of hydrogen-bond acceptors (Lipinski definition) is 3. The third kappa shape index (κ3) is 3.20. The fourth-order valence-corrected chi connectivity index (χ4v) is 2.03. The summed E-state index contributed by atoms with van der Waals surface area (Å²) in [6, 6.07) is 7.27. The molecule has 2 rings (SSSR count). The Morgan fingerprint density at radius 3 is 2.68 bits per heavy atom. The Morgan fingerprint density at radius 2 is 2.05 bits per heavy atom. The molecule has 0 atom stereocenters. The predicted octanol–water partition coefficient (Wildman–Crippen LogP) is 3.38. The Bertz CT molecular complexity index is 533. The predicted molar refractivity (Wildman–Crippen MR) is 74.7 cm³/mol. The number of nitrogens with zero attached hydrogens (tertiary/aromatic N) is 3. The summed E-state index contributed by atoms with van der Waals surface area (Å²) in [5.74, 6) is 0.115. The Labute approximate surface area is 117 Å². The van der Waals surface area contributed by atoms with Gasteiger partial charge in [-0.05, 0) is 25.1 Å². The standard InChI is InChI=1S/C14H15ClFN3/c1-2-19(10-12-5-3-4-7-17-12)14-13(16)11(9-15)6-8-18-14/h3-8H,2,9-10H2,1H3. The zero-order valence-corrected chi connectivity index (χ0v) is 11.4. The number of alkyl halides is 1. The van der Waals surface area contributed by atoms with E-state index in [0.29, 0.717) is 24.5 Å². The third-order valence-electron chi connectivity index (χ3n) is 2.86. The van der Waals surface area contributed by atoms with Gasteiger partial charge in [0.2, 0.25) is 0 Å². The smallest absolute Gasteiger partial charge is 0.170 e. The quantitative estimate of drug-likeness (QED) is 0.786. The van der Waals surface area contributed by atoms with Gasteiger partial charge >= 0.3 is 0 Å². The lowest BCUT2D eigenvalue weighted by Crippen LogP contribution is -2.25. The maximum absolute atomic E-state index is 14.2. The maximum Gasteiger partial charge on any atom is 0.170 e. The van der Waals surface area contributed by atoms with Crippen molar-refractivity contribution >= 4 is 17.4 Å². The minimum absolute atomic E-state index is 0.141. The first-order valence-electron chi connectivity index (χ1n) is 6.10. The lowest BCUT2D eigenvalue weighted by molar-refractivity contribution is 0.598. The van der Waals surface area contributed by atoms with Gasteiger partial charge in [-0.15, -0.1) is 11.6 Å². The molecule has 0 fully saturated rings. The van der Waals surface area contributed by atoms with E-state index >= 15 is 0 Å². The molecule has 0 unspecified atom stereocenters. The molecular weight excluding hydrogens is 265 g/mol. The number of pyridine rings is 2. The first-order valence-corrected chi connectivity index (χ1v) is 6.64. The van der Waals surface area contributed by atoms with E-state index in [4.69, 9.17) is 11.6 Å². The number of rotatable bonds is 5. The average Bonchev–Trinajstić information content (AvgIpc) is 2.46. The molecule has 0 aliphatic rings. The van der Waals surface area contributed by atoms with Crippen LogP contribution in [0.3, 0.4) is 0 Å². The lowest BCUT2D eigenvalue weighted by atomic mass is 10.2. The number of hydrogen-bond donors (Lipinski definition) is 0. The molecule has 5 heteroatoms. The minimum atomic E-state index is -0.352. The van der Waals surface area contributed by atoms with Gasteiger partial charge in [0.15, 0.2) is 11.6 Å². The molecule has 2 heterocycles. The molecule has 100 valence electrons. The van der Waals surface area contributed by atoms with Crippen LogP contribution in [0, 0.1) is 5.82 Å². The highest BCUT2D eigenvalue weighted by atomic mass is 35.5. The van der Waals surface area contributed by atoms with Crippen LogP contribution in [-0.4, -0.2) is 16.5 Å². The highest BCUT2D eigenvalue weighted by Crippen LogP contribution is 2.21. The van der Waals surface area contributed by atoms with Crippen LogP contribution < -0.4 is 4.90 Å². The van der Waals surface area contributed by atoms with Crippen LogP contribution in [0.25, 0.3) is 0 Å². The van der Waals surface area contributed by atoms with E-state index < -0.39 is 0 Å². The van der Waals surface area contributed by atoms with Crippen molar-refractivity contribution in [3.05, 3.63) is 53.7 Å². The fraction of sp³-hybridized carbons (Fsp3) is 0.286. The van der Waals surface area contributed by atoms with Crippen LogP contribution in [0.1, 0.15) is 18.2 Å². The first kappa shape index (κ1) is 13.7. The van der Waals surface area contributed by atoms with Crippen LogP contribution in [0.2, 0.25) is 0 Å². The second-order valence-electron chi connectivity index (χ2n) is 4.08. The lowest BCUT2D eigenvalue weighted by Gasteiger charge is -2.22. The van der Waals surface area contributed by atoms with E-state index in [1.54, 1.807) is 18.5 Å². The maximum atomic E-state index is 14.2. The van der Waals surface area contributed by atoms with Gasteiger partial charge in [-0.2, -0.15) is 0 Å². The Hall–Kier alpha value is -1.68. The molecule has 2 aromatic heterocycles. The molecule has 19 heavy (non-hydrogen) atoms. The second kappa shape index (κ2) is 6.48. The second-order valence-corrected chi connectivity index (χ2v) is 4.34. The summed E-state index contributed by atoms with van der Waals surface area (Å²) in [6.45, 7) is 3.12. The molecule has 0 aromatic carbocycles. The molecule has 0 radical (unpaired) electrons. The van der Waals surface area contributed by atoms with E-state index in [1.807, 2.05) is 30.0 Å². The van der Waals surface area contributed by atoms with Gasteiger partial charge in [-0.1, -0.05) is 6.07 Å². The molecule has 3 nitrogen and oxygen atoms in total. The summed E-state index contributed by atoms with van der Waals surface area (Å²) in [6.07, 6.45) is 3.30. The Kier molecular flexibility index (Phi) is 4.68. The molecule has 0 aliphatic heterocycles. The molecule has 0 spiro atoms. The SMILES string of the molecule is CCN(Cc1ccccn1)c1nccc(CCl)c1F. The van der Waals surface area contributed by atoms with E-state index in [-0.39, 0.29) is 11.7 Å². The van der Waals surface area contributed by atoms with Crippen molar-refractivity contribution in [1.82, 2.24) is 9.97 Å². The van der Waals surface area contributed by atoms with Gasteiger partial charge < -0.3 is 4.90 Å². The molecule has 0 aliphatic carbocycles. The van der Waals surface area contributed by atoms with Gasteiger partial charge in [0.25, 0.3) is 0 Å². The monoisotopic (exact) mass is 279 g/mol. The van der Waals surface area contributed by atoms with E-state index in [1.165, 1.54) is 0 Å². The number of halogens is 2. The zero-order valence-electron chi connectivity index (χ0n) is 10.7. The molecule has 0 amide bonds. The topological polar surface area (TPSA) is 29.0 Å². The van der Waals surface area contributed by atoms with Gasteiger partial charge in [0.05, 0.1) is 18.1 Å². The van der Waals surface area contributed by atoms with E-state index in [9.17, 15) is 4.39 Å². The highest BCUT2D eigenvalue weighted by Gasteiger charge is 2.15. The summed E-state index contributed by atoms with van der Waals surface area (Å²) < 4.78 is 14.2.